The molecule has 28 heavy (non-hydrogen) atoms. The molecule has 0 unspecified atom stereocenters. The number of fused-ring (bicyclic) bond motifs is 1. The molecule has 1 amide bonds. The fourth-order valence-corrected chi connectivity index (χ4v) is 3.06. The zero-order valence-corrected chi connectivity index (χ0v) is 15.8. The van der Waals surface area contributed by atoms with Crippen molar-refractivity contribution in [3.63, 3.8) is 0 Å². The normalized spacial score (nSPS) is 12.3. The topological polar surface area (TPSA) is 104 Å². The van der Waals surface area contributed by atoms with Crippen LogP contribution in [0.4, 0.5) is 0 Å². The number of nitrogens with zero attached hydrogens (tertiary/aromatic N) is 2. The van der Waals surface area contributed by atoms with Crippen LogP contribution in [0.5, 0.6) is 5.75 Å². The van der Waals surface area contributed by atoms with Crippen molar-refractivity contribution in [2.75, 3.05) is 6.61 Å². The third kappa shape index (κ3) is 4.04. The minimum atomic E-state index is -0.531. The summed E-state index contributed by atoms with van der Waals surface area (Å²) in [5.41, 5.74) is 0.764. The molecule has 0 bridgehead atoms. The maximum atomic E-state index is 12.9. The van der Waals surface area contributed by atoms with E-state index < -0.39 is 11.9 Å². The van der Waals surface area contributed by atoms with Crippen molar-refractivity contribution in [1.82, 2.24) is 15.1 Å². The highest BCUT2D eigenvalue weighted by molar-refractivity contribution is 6.04. The number of aliphatic hydroxyl groups excluding tert-OH is 1. The Morgan fingerprint density at radius 1 is 1.11 bits per heavy atom. The quantitative estimate of drug-likeness (QED) is 0.606. The van der Waals surface area contributed by atoms with Gasteiger partial charge in [-0.1, -0.05) is 30.3 Å². The van der Waals surface area contributed by atoms with Crippen molar-refractivity contribution in [1.29, 1.82) is 0 Å². The molecule has 0 aliphatic carbocycles. The van der Waals surface area contributed by atoms with Crippen LogP contribution < -0.4 is 10.9 Å². The number of amides is 1. The number of hydrogen-bond acceptors (Lipinski definition) is 5. The summed E-state index contributed by atoms with van der Waals surface area (Å²) < 4.78 is 1.30. The summed E-state index contributed by atoms with van der Waals surface area (Å²) in [5, 5.41) is 27.1. The predicted molar refractivity (Wildman–Crippen MR) is 107 cm³/mol. The van der Waals surface area contributed by atoms with Crippen LogP contribution in [-0.2, 0) is 6.42 Å². The van der Waals surface area contributed by atoms with Crippen molar-refractivity contribution in [2.45, 2.75) is 32.4 Å². The van der Waals surface area contributed by atoms with Gasteiger partial charge in [-0.05, 0) is 44.0 Å². The fraction of sp³-hybridized carbons (Fsp3) is 0.286. The van der Waals surface area contributed by atoms with Gasteiger partial charge in [0.25, 0.3) is 11.5 Å². The van der Waals surface area contributed by atoms with Crippen LogP contribution in [0.25, 0.3) is 10.8 Å². The van der Waals surface area contributed by atoms with E-state index in [1.165, 1.54) is 4.68 Å². The molecule has 0 spiro atoms. The van der Waals surface area contributed by atoms with Gasteiger partial charge in [-0.25, -0.2) is 4.68 Å². The van der Waals surface area contributed by atoms with E-state index in [1.54, 1.807) is 48.5 Å². The number of aliphatic hydroxyl groups is 1. The molecule has 3 aromatic rings. The lowest BCUT2D eigenvalue weighted by atomic mass is 10.1. The lowest BCUT2D eigenvalue weighted by Gasteiger charge is -2.18. The molecule has 1 heterocycles. The zero-order chi connectivity index (χ0) is 20.3. The number of aromatic hydroxyl groups is 1. The fourth-order valence-electron chi connectivity index (χ4n) is 3.06. The Bertz CT molecular complexity index is 1040. The molecule has 0 fully saturated rings. The van der Waals surface area contributed by atoms with E-state index in [9.17, 15) is 19.8 Å². The molecule has 2 aromatic carbocycles. The summed E-state index contributed by atoms with van der Waals surface area (Å²) in [7, 11) is 0. The zero-order valence-electron chi connectivity index (χ0n) is 15.8. The Balaban J connectivity index is 1.92. The van der Waals surface area contributed by atoms with E-state index in [-0.39, 0.29) is 29.7 Å². The van der Waals surface area contributed by atoms with E-state index in [1.807, 2.05) is 13.8 Å². The molecular formula is C21H23N3O4. The van der Waals surface area contributed by atoms with Gasteiger partial charge >= 0.3 is 0 Å². The first-order valence-corrected chi connectivity index (χ1v) is 9.12. The number of rotatable bonds is 6. The molecule has 0 saturated heterocycles. The summed E-state index contributed by atoms with van der Waals surface area (Å²) in [6.07, 6.45) is 0.393. The minimum Gasteiger partial charge on any atom is -0.508 e. The summed E-state index contributed by atoms with van der Waals surface area (Å²) in [5.74, 6) is -0.302. The second kappa shape index (κ2) is 8.22. The highest BCUT2D eigenvalue weighted by atomic mass is 16.3. The van der Waals surface area contributed by atoms with Gasteiger partial charge in [-0.3, -0.25) is 9.59 Å². The average molecular weight is 381 g/mol. The second-order valence-corrected chi connectivity index (χ2v) is 6.96. The van der Waals surface area contributed by atoms with Crippen molar-refractivity contribution < 1.29 is 15.0 Å². The van der Waals surface area contributed by atoms with E-state index >= 15 is 0 Å². The maximum absolute atomic E-state index is 12.9. The molecule has 0 saturated carbocycles. The number of phenolic OH excluding ortho intramolecular Hbond substituents is 1. The molecule has 3 N–H and O–H groups in total. The van der Waals surface area contributed by atoms with Crippen LogP contribution in [0.2, 0.25) is 0 Å². The van der Waals surface area contributed by atoms with Crippen LogP contribution in [0.1, 0.15) is 35.9 Å². The van der Waals surface area contributed by atoms with Gasteiger partial charge in [0.1, 0.15) is 5.75 Å². The molecule has 1 aromatic heterocycles. The monoisotopic (exact) mass is 381 g/mol. The molecule has 3 rings (SSSR count). The minimum absolute atomic E-state index is 0.146. The van der Waals surface area contributed by atoms with Crippen LogP contribution in [0.15, 0.2) is 53.3 Å². The van der Waals surface area contributed by atoms with Gasteiger partial charge in [0.15, 0.2) is 5.69 Å². The molecule has 7 heteroatoms. The highest BCUT2D eigenvalue weighted by Crippen LogP contribution is 2.16. The van der Waals surface area contributed by atoms with Gasteiger partial charge in [0.2, 0.25) is 0 Å². The predicted octanol–water partition coefficient (Wildman–Crippen LogP) is 2.02. The van der Waals surface area contributed by atoms with Gasteiger partial charge in [0.05, 0.1) is 24.1 Å². The van der Waals surface area contributed by atoms with Crippen molar-refractivity contribution >= 4 is 16.7 Å². The SMILES string of the molecule is CC(C)n1nc(C(=O)N[C@H](CO)Cc2ccc(O)cc2)c2ccccc2c1=O. The number of phenols is 1. The number of nitrogens with one attached hydrogen (secondary N) is 1. The summed E-state index contributed by atoms with van der Waals surface area (Å²) >= 11 is 0. The Labute approximate surface area is 162 Å². The maximum Gasteiger partial charge on any atom is 0.274 e. The first-order chi connectivity index (χ1) is 13.4. The van der Waals surface area contributed by atoms with Crippen molar-refractivity contribution in [3.05, 3.63) is 70.1 Å². The first-order valence-electron chi connectivity index (χ1n) is 9.12. The van der Waals surface area contributed by atoms with Crippen LogP contribution in [-0.4, -0.2) is 38.5 Å². The number of hydrogen-bond donors (Lipinski definition) is 3. The number of carbonyl (C=O) groups is 1. The lowest BCUT2D eigenvalue weighted by molar-refractivity contribution is 0.0910. The summed E-state index contributed by atoms with van der Waals surface area (Å²) in [4.78, 5) is 25.5. The van der Waals surface area contributed by atoms with Gasteiger partial charge in [-0.2, -0.15) is 5.10 Å². The Hall–Kier alpha value is -3.19. The Morgan fingerprint density at radius 2 is 1.75 bits per heavy atom. The molecule has 0 aliphatic heterocycles. The van der Waals surface area contributed by atoms with Gasteiger partial charge < -0.3 is 15.5 Å². The third-order valence-corrected chi connectivity index (χ3v) is 4.51. The van der Waals surface area contributed by atoms with E-state index in [0.717, 1.165) is 5.56 Å². The number of benzene rings is 2. The summed E-state index contributed by atoms with van der Waals surface area (Å²) in [6.45, 7) is 3.40. The first kappa shape index (κ1) is 19.6. The highest BCUT2D eigenvalue weighted by Gasteiger charge is 2.20. The van der Waals surface area contributed by atoms with Gasteiger partial charge in [0, 0.05) is 5.39 Å². The van der Waals surface area contributed by atoms with Crippen molar-refractivity contribution in [2.24, 2.45) is 0 Å². The number of carbonyl (C=O) groups excluding carboxylic acids is 1. The van der Waals surface area contributed by atoms with E-state index in [4.69, 9.17) is 0 Å². The lowest BCUT2D eigenvalue weighted by Crippen LogP contribution is -2.40. The standard InChI is InChI=1S/C21H23N3O4/c1-13(2)24-21(28)18-6-4-3-5-17(18)19(23-24)20(27)22-15(12-25)11-14-7-9-16(26)10-8-14/h3-10,13,15,25-26H,11-12H2,1-2H3,(H,22,27)/t15-/m0/s1. The van der Waals surface area contributed by atoms with E-state index in [2.05, 4.69) is 10.4 Å². The van der Waals surface area contributed by atoms with Crippen LogP contribution >= 0.6 is 0 Å². The molecule has 0 aliphatic rings. The number of aromatic nitrogens is 2. The smallest absolute Gasteiger partial charge is 0.274 e. The van der Waals surface area contributed by atoms with E-state index in [0.29, 0.717) is 17.2 Å². The Kier molecular flexibility index (Phi) is 5.75. The molecule has 0 radical (unpaired) electrons. The molecule has 1 atom stereocenters. The third-order valence-electron chi connectivity index (χ3n) is 4.51. The van der Waals surface area contributed by atoms with Crippen LogP contribution in [0.3, 0.4) is 0 Å². The van der Waals surface area contributed by atoms with Crippen molar-refractivity contribution in [3.8, 4) is 5.75 Å². The molecule has 146 valence electrons. The van der Waals surface area contributed by atoms with Crippen LogP contribution in [0, 0.1) is 0 Å². The summed E-state index contributed by atoms with van der Waals surface area (Å²) in [6, 6.07) is 12.7. The molecular weight excluding hydrogens is 358 g/mol. The van der Waals surface area contributed by atoms with Gasteiger partial charge in [-0.15, -0.1) is 0 Å². The second-order valence-electron chi connectivity index (χ2n) is 6.96. The average Bonchev–Trinajstić information content (AvgIpc) is 2.69. The Morgan fingerprint density at radius 3 is 2.36 bits per heavy atom. The largest absolute Gasteiger partial charge is 0.508 e. The molecule has 7 nitrogen and oxygen atoms in total.